The van der Waals surface area contributed by atoms with Crippen LogP contribution in [0.1, 0.15) is 5.56 Å². The zero-order valence-corrected chi connectivity index (χ0v) is 8.49. The molecule has 0 saturated carbocycles. The van der Waals surface area contributed by atoms with Crippen molar-refractivity contribution < 1.29 is 9.47 Å². The van der Waals surface area contributed by atoms with Crippen molar-refractivity contribution in [1.82, 2.24) is 0 Å². The van der Waals surface area contributed by atoms with Gasteiger partial charge < -0.3 is 20.9 Å². The Balaban J connectivity index is 2.45. The summed E-state index contributed by atoms with van der Waals surface area (Å²) >= 11 is 0. The maximum atomic E-state index is 5.43. The first kappa shape index (κ1) is 9.64. The SMILES string of the molecule is Cc1cc2c(cc1N=C(N)N)OCCO2. The minimum absolute atomic E-state index is 0.0368. The Kier molecular flexibility index (Phi) is 2.37. The van der Waals surface area contributed by atoms with Gasteiger partial charge in [0.2, 0.25) is 0 Å². The highest BCUT2D eigenvalue weighted by Crippen LogP contribution is 2.36. The number of hydrogen-bond acceptors (Lipinski definition) is 3. The molecule has 0 aliphatic carbocycles. The lowest BCUT2D eigenvalue weighted by Gasteiger charge is -2.19. The molecule has 0 aromatic heterocycles. The van der Waals surface area contributed by atoms with Gasteiger partial charge in [-0.05, 0) is 18.6 Å². The monoisotopic (exact) mass is 207 g/mol. The van der Waals surface area contributed by atoms with Crippen molar-refractivity contribution in [2.24, 2.45) is 16.5 Å². The summed E-state index contributed by atoms with van der Waals surface area (Å²) in [4.78, 5) is 4.00. The van der Waals surface area contributed by atoms with Crippen LogP contribution in [0.25, 0.3) is 0 Å². The highest BCUT2D eigenvalue weighted by molar-refractivity contribution is 5.80. The molecular weight excluding hydrogens is 194 g/mol. The van der Waals surface area contributed by atoms with Crippen molar-refractivity contribution in [3.8, 4) is 11.5 Å². The quantitative estimate of drug-likeness (QED) is 0.523. The minimum Gasteiger partial charge on any atom is -0.486 e. The largest absolute Gasteiger partial charge is 0.486 e. The summed E-state index contributed by atoms with van der Waals surface area (Å²) in [5, 5.41) is 0. The first-order chi connectivity index (χ1) is 7.16. The van der Waals surface area contributed by atoms with E-state index in [9.17, 15) is 0 Å². The summed E-state index contributed by atoms with van der Waals surface area (Å²) in [5.41, 5.74) is 12.3. The van der Waals surface area contributed by atoms with Crippen molar-refractivity contribution in [3.05, 3.63) is 17.7 Å². The van der Waals surface area contributed by atoms with Crippen LogP contribution in [0.2, 0.25) is 0 Å². The Morgan fingerprint density at radius 2 is 1.80 bits per heavy atom. The van der Waals surface area contributed by atoms with Gasteiger partial charge >= 0.3 is 0 Å². The number of rotatable bonds is 1. The summed E-state index contributed by atoms with van der Waals surface area (Å²) in [7, 11) is 0. The predicted octanol–water partition coefficient (Wildman–Crippen LogP) is 0.671. The lowest BCUT2D eigenvalue weighted by molar-refractivity contribution is 0.171. The van der Waals surface area contributed by atoms with Gasteiger partial charge in [0.1, 0.15) is 13.2 Å². The van der Waals surface area contributed by atoms with Crippen molar-refractivity contribution in [1.29, 1.82) is 0 Å². The molecule has 0 bridgehead atoms. The second-order valence-electron chi connectivity index (χ2n) is 3.32. The third-order valence-electron chi connectivity index (χ3n) is 2.11. The molecule has 1 aromatic carbocycles. The number of nitrogens with zero attached hydrogens (tertiary/aromatic N) is 1. The van der Waals surface area contributed by atoms with E-state index in [1.807, 2.05) is 13.0 Å². The van der Waals surface area contributed by atoms with E-state index in [1.165, 1.54) is 0 Å². The van der Waals surface area contributed by atoms with E-state index in [2.05, 4.69) is 4.99 Å². The summed E-state index contributed by atoms with van der Waals surface area (Å²) in [6.07, 6.45) is 0. The Morgan fingerprint density at radius 3 is 2.40 bits per heavy atom. The van der Waals surface area contributed by atoms with Gasteiger partial charge in [0.05, 0.1) is 5.69 Å². The Morgan fingerprint density at radius 1 is 1.20 bits per heavy atom. The molecule has 0 saturated heterocycles. The van der Waals surface area contributed by atoms with Crippen molar-refractivity contribution in [3.63, 3.8) is 0 Å². The zero-order valence-electron chi connectivity index (χ0n) is 8.49. The average Bonchev–Trinajstić information content (AvgIpc) is 2.18. The van der Waals surface area contributed by atoms with Gasteiger partial charge in [-0.15, -0.1) is 0 Å². The zero-order chi connectivity index (χ0) is 10.8. The highest BCUT2D eigenvalue weighted by Gasteiger charge is 2.13. The maximum absolute atomic E-state index is 5.43. The third-order valence-corrected chi connectivity index (χ3v) is 2.11. The molecule has 0 unspecified atom stereocenters. The van der Waals surface area contributed by atoms with Crippen molar-refractivity contribution >= 4 is 11.6 Å². The molecule has 1 heterocycles. The fourth-order valence-electron chi connectivity index (χ4n) is 1.44. The number of ether oxygens (including phenoxy) is 2. The van der Waals surface area contributed by atoms with Crippen LogP contribution in [0.4, 0.5) is 5.69 Å². The predicted molar refractivity (Wildman–Crippen MR) is 57.6 cm³/mol. The highest BCUT2D eigenvalue weighted by atomic mass is 16.6. The number of benzene rings is 1. The van der Waals surface area contributed by atoms with E-state index in [0.29, 0.717) is 24.7 Å². The van der Waals surface area contributed by atoms with Gasteiger partial charge in [0.25, 0.3) is 0 Å². The van der Waals surface area contributed by atoms with Gasteiger partial charge in [-0.2, -0.15) is 0 Å². The maximum Gasteiger partial charge on any atom is 0.191 e. The number of fused-ring (bicyclic) bond motifs is 1. The molecule has 0 atom stereocenters. The van der Waals surface area contributed by atoms with Crippen molar-refractivity contribution in [2.45, 2.75) is 6.92 Å². The number of guanidine groups is 1. The number of nitrogens with two attached hydrogens (primary N) is 2. The van der Waals surface area contributed by atoms with Crippen LogP contribution < -0.4 is 20.9 Å². The molecule has 0 fully saturated rings. The fourth-order valence-corrected chi connectivity index (χ4v) is 1.44. The third kappa shape index (κ3) is 1.96. The molecule has 1 aliphatic rings. The topological polar surface area (TPSA) is 82.9 Å². The smallest absolute Gasteiger partial charge is 0.191 e. The fraction of sp³-hybridized carbons (Fsp3) is 0.300. The van der Waals surface area contributed by atoms with Crippen LogP contribution in [-0.2, 0) is 0 Å². The van der Waals surface area contributed by atoms with E-state index in [-0.39, 0.29) is 5.96 Å². The van der Waals surface area contributed by atoms with Gasteiger partial charge in [-0.1, -0.05) is 0 Å². The average molecular weight is 207 g/mol. The standard InChI is InChI=1S/C10H13N3O2/c1-6-4-8-9(15-3-2-14-8)5-7(6)13-10(11)12/h4-5H,2-3H2,1H3,(H4,11,12,13). The molecule has 1 aromatic rings. The van der Waals surface area contributed by atoms with Crippen LogP contribution in [0.15, 0.2) is 17.1 Å². The number of aryl methyl sites for hydroxylation is 1. The second kappa shape index (κ2) is 3.68. The van der Waals surface area contributed by atoms with Gasteiger partial charge in [-0.25, -0.2) is 4.99 Å². The molecule has 5 heteroatoms. The molecule has 0 spiro atoms. The van der Waals surface area contributed by atoms with Gasteiger partial charge in [-0.3, -0.25) is 0 Å². The number of aliphatic imine (C=N–C) groups is 1. The van der Waals surface area contributed by atoms with E-state index in [0.717, 1.165) is 11.3 Å². The molecule has 2 rings (SSSR count). The molecule has 0 radical (unpaired) electrons. The van der Waals surface area contributed by atoms with Gasteiger partial charge in [0.15, 0.2) is 17.5 Å². The van der Waals surface area contributed by atoms with Crippen LogP contribution >= 0.6 is 0 Å². The Hall–Kier alpha value is -1.91. The molecule has 1 aliphatic heterocycles. The molecule has 15 heavy (non-hydrogen) atoms. The summed E-state index contributed by atoms with van der Waals surface area (Å²) in [5.74, 6) is 1.47. The van der Waals surface area contributed by atoms with Gasteiger partial charge in [0, 0.05) is 6.07 Å². The normalized spacial score (nSPS) is 13.4. The van der Waals surface area contributed by atoms with E-state index < -0.39 is 0 Å². The lowest BCUT2D eigenvalue weighted by Crippen LogP contribution is -2.22. The minimum atomic E-state index is 0.0368. The van der Waals surface area contributed by atoms with Crippen LogP contribution in [-0.4, -0.2) is 19.2 Å². The number of hydrogen-bond donors (Lipinski definition) is 2. The molecule has 4 N–H and O–H groups in total. The van der Waals surface area contributed by atoms with Crippen LogP contribution in [0.3, 0.4) is 0 Å². The summed E-state index contributed by atoms with van der Waals surface area (Å²) in [6.45, 7) is 3.05. The Labute approximate surface area is 87.7 Å². The Bertz CT molecular complexity index is 411. The van der Waals surface area contributed by atoms with Crippen LogP contribution in [0.5, 0.6) is 11.5 Å². The first-order valence-electron chi connectivity index (χ1n) is 4.66. The molecule has 80 valence electrons. The summed E-state index contributed by atoms with van der Waals surface area (Å²) < 4.78 is 10.9. The first-order valence-corrected chi connectivity index (χ1v) is 4.66. The second-order valence-corrected chi connectivity index (χ2v) is 3.32. The summed E-state index contributed by atoms with van der Waals surface area (Å²) in [6, 6.07) is 3.65. The molecular formula is C10H13N3O2. The lowest BCUT2D eigenvalue weighted by atomic mass is 10.1. The molecule has 5 nitrogen and oxygen atoms in total. The van der Waals surface area contributed by atoms with Crippen LogP contribution in [0, 0.1) is 6.92 Å². The van der Waals surface area contributed by atoms with E-state index in [1.54, 1.807) is 6.07 Å². The van der Waals surface area contributed by atoms with E-state index >= 15 is 0 Å². The van der Waals surface area contributed by atoms with E-state index in [4.69, 9.17) is 20.9 Å². The van der Waals surface area contributed by atoms with Crippen molar-refractivity contribution in [2.75, 3.05) is 13.2 Å². The molecule has 0 amide bonds.